The molecule has 0 radical (unpaired) electrons. The van der Waals surface area contributed by atoms with E-state index in [0.717, 1.165) is 11.4 Å². The van der Waals surface area contributed by atoms with Crippen molar-refractivity contribution in [1.29, 1.82) is 0 Å². The predicted molar refractivity (Wildman–Crippen MR) is 158 cm³/mol. The highest BCUT2D eigenvalue weighted by Gasteiger charge is 2.38. The molecule has 0 bridgehead atoms. The molecule has 1 unspecified atom stereocenters. The lowest BCUT2D eigenvalue weighted by molar-refractivity contribution is -0.153. The summed E-state index contributed by atoms with van der Waals surface area (Å²) in [6.07, 6.45) is 0. The van der Waals surface area contributed by atoms with Gasteiger partial charge in [0.1, 0.15) is 6.04 Å². The van der Waals surface area contributed by atoms with Gasteiger partial charge in [-0.25, -0.2) is 0 Å². The van der Waals surface area contributed by atoms with E-state index < -0.39 is 6.04 Å². The molecule has 204 valence electrons. The quantitative estimate of drug-likeness (QED) is 0.259. The van der Waals surface area contributed by atoms with Gasteiger partial charge in [-0.05, 0) is 42.3 Å². The highest BCUT2D eigenvalue weighted by atomic mass is 16.5. The molecule has 4 aromatic carbocycles. The zero-order valence-corrected chi connectivity index (χ0v) is 22.8. The first-order valence-corrected chi connectivity index (χ1v) is 13.8. The van der Waals surface area contributed by atoms with E-state index in [1.807, 2.05) is 109 Å². The maximum absolute atomic E-state index is 13.9. The summed E-state index contributed by atoms with van der Waals surface area (Å²) in [7, 11) is 0. The molecule has 5 rings (SSSR count). The first-order chi connectivity index (χ1) is 19.7. The Morgan fingerprint density at radius 1 is 0.750 bits per heavy atom. The van der Waals surface area contributed by atoms with Gasteiger partial charge in [0.25, 0.3) is 0 Å². The maximum atomic E-state index is 13.9. The molecule has 0 saturated carbocycles. The van der Waals surface area contributed by atoms with Crippen LogP contribution in [0.1, 0.15) is 24.1 Å². The topological polar surface area (TPSA) is 53.1 Å². The number of carbonyl (C=O) groups excluding carboxylic acids is 2. The smallest absolute Gasteiger partial charge is 0.324 e. The number of anilines is 2. The molecule has 1 fully saturated rings. The summed E-state index contributed by atoms with van der Waals surface area (Å²) in [4.78, 5) is 33.3. The van der Waals surface area contributed by atoms with Crippen LogP contribution in [-0.4, -0.2) is 60.5 Å². The van der Waals surface area contributed by atoms with Crippen LogP contribution < -0.4 is 4.90 Å². The Morgan fingerprint density at radius 3 is 1.70 bits per heavy atom. The number of para-hydroxylation sites is 2. The highest BCUT2D eigenvalue weighted by Crippen LogP contribution is 2.31. The Bertz CT molecular complexity index is 1290. The molecule has 6 heteroatoms. The van der Waals surface area contributed by atoms with Crippen LogP contribution in [0.15, 0.2) is 121 Å². The van der Waals surface area contributed by atoms with E-state index in [2.05, 4.69) is 29.2 Å². The van der Waals surface area contributed by atoms with Crippen molar-refractivity contribution in [3.05, 3.63) is 132 Å². The molecule has 1 saturated heterocycles. The van der Waals surface area contributed by atoms with E-state index in [9.17, 15) is 9.59 Å². The molecule has 0 N–H and O–H groups in total. The van der Waals surface area contributed by atoms with Gasteiger partial charge in [-0.15, -0.1) is 0 Å². The summed E-state index contributed by atoms with van der Waals surface area (Å²) < 4.78 is 5.53. The van der Waals surface area contributed by atoms with Gasteiger partial charge in [-0.2, -0.15) is 0 Å². The lowest BCUT2D eigenvalue weighted by Gasteiger charge is -2.43. The van der Waals surface area contributed by atoms with Gasteiger partial charge in [0.2, 0.25) is 5.91 Å². The molecule has 1 aliphatic rings. The molecular formula is C34H35N3O3. The Balaban J connectivity index is 1.42. The van der Waals surface area contributed by atoms with Crippen molar-refractivity contribution >= 4 is 23.3 Å². The monoisotopic (exact) mass is 533 g/mol. The number of ether oxygens (including phenoxy) is 1. The number of nitrogens with zero attached hydrogens (tertiary/aromatic N) is 3. The molecule has 40 heavy (non-hydrogen) atoms. The van der Waals surface area contributed by atoms with Crippen molar-refractivity contribution in [2.75, 3.05) is 37.7 Å². The minimum atomic E-state index is -0.569. The lowest BCUT2D eigenvalue weighted by Crippen LogP contribution is -2.59. The standard InChI is InChI=1S/C34H35N3O3/c1-2-40-34(39)31-25-36(33(27-15-7-3-8-16-27)28-17-9-4-10-18-28)24-23-35(31)26-32(38)37(29-19-11-5-12-20-29)30-21-13-6-14-22-30/h3-22,31,33H,2,23-26H2,1H3. The highest BCUT2D eigenvalue weighted by molar-refractivity contribution is 6.01. The second-order valence-electron chi connectivity index (χ2n) is 9.86. The first kappa shape index (κ1) is 27.3. The molecule has 0 aliphatic carbocycles. The normalized spacial score (nSPS) is 16.0. The third kappa shape index (κ3) is 6.30. The number of hydrogen-bond donors (Lipinski definition) is 0. The third-order valence-electron chi connectivity index (χ3n) is 7.29. The van der Waals surface area contributed by atoms with Gasteiger partial charge in [-0.1, -0.05) is 97.1 Å². The fourth-order valence-electron chi connectivity index (χ4n) is 5.45. The summed E-state index contributed by atoms with van der Waals surface area (Å²) in [5.74, 6) is -0.395. The predicted octanol–water partition coefficient (Wildman–Crippen LogP) is 5.69. The fraction of sp³-hybridized carbons (Fsp3) is 0.235. The van der Waals surface area contributed by atoms with Gasteiger partial charge in [-0.3, -0.25) is 24.3 Å². The van der Waals surface area contributed by atoms with E-state index in [1.165, 1.54) is 11.1 Å². The van der Waals surface area contributed by atoms with Crippen molar-refractivity contribution in [3.8, 4) is 0 Å². The first-order valence-electron chi connectivity index (χ1n) is 13.8. The SMILES string of the molecule is CCOC(=O)C1CN(C(c2ccccc2)c2ccccc2)CCN1CC(=O)N(c1ccccc1)c1ccccc1. The fourth-order valence-corrected chi connectivity index (χ4v) is 5.45. The third-order valence-corrected chi connectivity index (χ3v) is 7.29. The zero-order valence-electron chi connectivity index (χ0n) is 22.8. The molecule has 1 heterocycles. The van der Waals surface area contributed by atoms with Crippen LogP contribution in [0.3, 0.4) is 0 Å². The van der Waals surface area contributed by atoms with Gasteiger partial charge in [0.05, 0.1) is 19.2 Å². The second-order valence-corrected chi connectivity index (χ2v) is 9.86. The largest absolute Gasteiger partial charge is 0.465 e. The number of carbonyl (C=O) groups is 2. The van der Waals surface area contributed by atoms with Crippen LogP contribution in [-0.2, 0) is 14.3 Å². The van der Waals surface area contributed by atoms with Crippen molar-refractivity contribution in [3.63, 3.8) is 0 Å². The van der Waals surface area contributed by atoms with Crippen molar-refractivity contribution < 1.29 is 14.3 Å². The average Bonchev–Trinajstić information content (AvgIpc) is 3.00. The summed E-state index contributed by atoms with van der Waals surface area (Å²) >= 11 is 0. The van der Waals surface area contributed by atoms with E-state index >= 15 is 0 Å². The Kier molecular flexibility index (Phi) is 9.01. The Labute approximate surface area is 236 Å². The summed E-state index contributed by atoms with van der Waals surface area (Å²) in [5.41, 5.74) is 3.91. The van der Waals surface area contributed by atoms with Gasteiger partial charge in [0, 0.05) is 31.0 Å². The lowest BCUT2D eigenvalue weighted by atomic mass is 9.95. The van der Waals surface area contributed by atoms with Crippen LogP contribution in [0.2, 0.25) is 0 Å². The van der Waals surface area contributed by atoms with Crippen LogP contribution in [0.4, 0.5) is 11.4 Å². The molecule has 0 spiro atoms. The second kappa shape index (κ2) is 13.2. The van der Waals surface area contributed by atoms with Crippen molar-refractivity contribution in [1.82, 2.24) is 9.80 Å². The number of hydrogen-bond acceptors (Lipinski definition) is 5. The van der Waals surface area contributed by atoms with Crippen LogP contribution in [0.25, 0.3) is 0 Å². The molecule has 1 aliphatic heterocycles. The maximum Gasteiger partial charge on any atom is 0.324 e. The van der Waals surface area contributed by atoms with E-state index in [0.29, 0.717) is 19.6 Å². The van der Waals surface area contributed by atoms with Gasteiger partial charge >= 0.3 is 5.97 Å². The summed E-state index contributed by atoms with van der Waals surface area (Å²) in [5, 5.41) is 0. The number of piperazine rings is 1. The molecule has 4 aromatic rings. The van der Waals surface area contributed by atoms with Crippen molar-refractivity contribution in [2.45, 2.75) is 19.0 Å². The molecule has 1 amide bonds. The van der Waals surface area contributed by atoms with Gasteiger partial charge in [0.15, 0.2) is 0 Å². The zero-order chi connectivity index (χ0) is 27.7. The molecule has 1 atom stereocenters. The number of rotatable bonds is 9. The number of esters is 1. The van der Waals surface area contributed by atoms with Crippen LogP contribution in [0.5, 0.6) is 0 Å². The molecule has 0 aromatic heterocycles. The van der Waals surface area contributed by atoms with E-state index in [-0.39, 0.29) is 31.1 Å². The van der Waals surface area contributed by atoms with Crippen LogP contribution in [0, 0.1) is 0 Å². The Hall–Kier alpha value is -4.26. The van der Waals surface area contributed by atoms with E-state index in [4.69, 9.17) is 4.74 Å². The minimum Gasteiger partial charge on any atom is -0.465 e. The average molecular weight is 534 g/mol. The summed E-state index contributed by atoms with van der Waals surface area (Å²) in [6, 6.07) is 39.4. The minimum absolute atomic E-state index is 0.0117. The molecular weight excluding hydrogens is 498 g/mol. The molecule has 6 nitrogen and oxygen atoms in total. The Morgan fingerprint density at radius 2 is 1.23 bits per heavy atom. The number of benzene rings is 4. The van der Waals surface area contributed by atoms with Crippen LogP contribution >= 0.6 is 0 Å². The van der Waals surface area contributed by atoms with Crippen molar-refractivity contribution in [2.24, 2.45) is 0 Å². The van der Waals surface area contributed by atoms with Gasteiger partial charge < -0.3 is 4.74 Å². The number of amides is 1. The summed E-state index contributed by atoms with van der Waals surface area (Å²) in [6.45, 7) is 3.92. The van der Waals surface area contributed by atoms with E-state index in [1.54, 1.807) is 4.90 Å².